The zero-order chi connectivity index (χ0) is 14.8. The molecule has 1 aromatic carbocycles. The van der Waals surface area contributed by atoms with Crippen LogP contribution < -0.4 is 4.74 Å². The minimum absolute atomic E-state index is 0.365. The average molecular weight is 280 g/mol. The molecular formula is C16H24O4. The Hall–Kier alpha value is -1.55. The number of hydrogen-bond acceptors (Lipinski definition) is 3. The van der Waals surface area contributed by atoms with Gasteiger partial charge in [-0.3, -0.25) is 0 Å². The highest BCUT2D eigenvalue weighted by Crippen LogP contribution is 2.18. The lowest BCUT2D eigenvalue weighted by Crippen LogP contribution is -2.10. The molecule has 0 bridgehead atoms. The lowest BCUT2D eigenvalue weighted by molar-refractivity contribution is -0.146. The Bertz CT molecular complexity index is 386. The minimum Gasteiger partial charge on any atom is -0.494 e. The van der Waals surface area contributed by atoms with Gasteiger partial charge in [0.2, 0.25) is 0 Å². The zero-order valence-electron chi connectivity index (χ0n) is 12.0. The first-order valence-corrected chi connectivity index (χ1v) is 7.28. The van der Waals surface area contributed by atoms with E-state index in [1.165, 1.54) is 32.1 Å². The number of carboxylic acids is 1. The molecule has 1 aromatic rings. The van der Waals surface area contributed by atoms with E-state index in [-0.39, 0.29) is 0 Å². The van der Waals surface area contributed by atoms with Gasteiger partial charge in [-0.15, -0.1) is 0 Å². The number of aliphatic carboxylic acids is 1. The number of hydrogen-bond donors (Lipinski definition) is 2. The Balaban J connectivity index is 2.23. The number of benzene rings is 1. The van der Waals surface area contributed by atoms with Gasteiger partial charge < -0.3 is 14.9 Å². The molecule has 0 spiro atoms. The highest BCUT2D eigenvalue weighted by molar-refractivity contribution is 5.74. The summed E-state index contributed by atoms with van der Waals surface area (Å²) in [6.45, 7) is 2.88. The van der Waals surface area contributed by atoms with Gasteiger partial charge in [0.05, 0.1) is 6.61 Å². The predicted molar refractivity (Wildman–Crippen MR) is 77.9 cm³/mol. The van der Waals surface area contributed by atoms with Crippen molar-refractivity contribution in [2.75, 3.05) is 6.61 Å². The van der Waals surface area contributed by atoms with Crippen LogP contribution in [-0.4, -0.2) is 22.8 Å². The molecule has 0 saturated carbocycles. The number of aliphatic hydroxyl groups is 1. The van der Waals surface area contributed by atoms with E-state index in [1.807, 2.05) is 0 Å². The molecule has 0 aliphatic rings. The molecule has 1 rings (SSSR count). The fourth-order valence-corrected chi connectivity index (χ4v) is 1.96. The molecule has 1 atom stereocenters. The normalized spacial score (nSPS) is 12.1. The van der Waals surface area contributed by atoms with Crippen molar-refractivity contribution in [2.24, 2.45) is 0 Å². The van der Waals surface area contributed by atoms with E-state index in [2.05, 4.69) is 6.92 Å². The molecule has 0 fully saturated rings. The third kappa shape index (κ3) is 6.06. The van der Waals surface area contributed by atoms with Crippen molar-refractivity contribution in [3.05, 3.63) is 29.8 Å². The van der Waals surface area contributed by atoms with Crippen LogP contribution in [0.3, 0.4) is 0 Å². The van der Waals surface area contributed by atoms with E-state index >= 15 is 0 Å². The molecule has 0 heterocycles. The first kappa shape index (κ1) is 16.5. The molecule has 2 N–H and O–H groups in total. The van der Waals surface area contributed by atoms with Crippen molar-refractivity contribution in [1.29, 1.82) is 0 Å². The fraction of sp³-hybridized carbons (Fsp3) is 0.562. The third-order valence-corrected chi connectivity index (χ3v) is 3.20. The maximum atomic E-state index is 10.6. The standard InChI is InChI=1S/C16H24O4/c1-2-3-4-5-6-7-12-20-14-10-8-13(9-11-14)15(17)16(18)19/h8-11,15,17H,2-7,12H2,1H3,(H,18,19). The number of ether oxygens (including phenoxy) is 1. The van der Waals surface area contributed by atoms with Crippen LogP contribution >= 0.6 is 0 Å². The van der Waals surface area contributed by atoms with Gasteiger partial charge in [0.25, 0.3) is 0 Å². The van der Waals surface area contributed by atoms with Crippen LogP contribution in [0.1, 0.15) is 57.1 Å². The van der Waals surface area contributed by atoms with Crippen molar-refractivity contribution < 1.29 is 19.7 Å². The summed E-state index contributed by atoms with van der Waals surface area (Å²) in [6.07, 6.45) is 5.83. The van der Waals surface area contributed by atoms with E-state index in [0.29, 0.717) is 17.9 Å². The van der Waals surface area contributed by atoms with Crippen LogP contribution in [0.2, 0.25) is 0 Å². The molecule has 0 aliphatic carbocycles. The summed E-state index contributed by atoms with van der Waals surface area (Å²) in [6, 6.07) is 6.54. The van der Waals surface area contributed by atoms with Crippen LogP contribution in [0.15, 0.2) is 24.3 Å². The molecule has 20 heavy (non-hydrogen) atoms. The summed E-state index contributed by atoms with van der Waals surface area (Å²) < 4.78 is 5.58. The second-order valence-corrected chi connectivity index (χ2v) is 4.93. The van der Waals surface area contributed by atoms with Crippen molar-refractivity contribution in [1.82, 2.24) is 0 Å². The molecule has 0 aliphatic heterocycles. The molecular weight excluding hydrogens is 256 g/mol. The van der Waals surface area contributed by atoms with Crippen molar-refractivity contribution in [3.8, 4) is 5.75 Å². The van der Waals surface area contributed by atoms with Crippen molar-refractivity contribution in [2.45, 2.75) is 51.6 Å². The summed E-state index contributed by atoms with van der Waals surface area (Å²) in [5, 5.41) is 18.1. The number of carbonyl (C=O) groups is 1. The van der Waals surface area contributed by atoms with Crippen LogP contribution in [0.25, 0.3) is 0 Å². The first-order chi connectivity index (χ1) is 9.65. The van der Waals surface area contributed by atoms with Crippen molar-refractivity contribution >= 4 is 5.97 Å². The maximum Gasteiger partial charge on any atom is 0.337 e. The largest absolute Gasteiger partial charge is 0.494 e. The number of aliphatic hydroxyl groups excluding tert-OH is 1. The Kier molecular flexibility index (Phi) is 7.73. The number of carboxylic acid groups (broad SMARTS) is 1. The molecule has 112 valence electrons. The van der Waals surface area contributed by atoms with E-state index in [1.54, 1.807) is 24.3 Å². The van der Waals surface area contributed by atoms with Gasteiger partial charge in [-0.1, -0.05) is 51.2 Å². The van der Waals surface area contributed by atoms with E-state index in [9.17, 15) is 9.90 Å². The summed E-state index contributed by atoms with van der Waals surface area (Å²) in [4.78, 5) is 10.6. The third-order valence-electron chi connectivity index (χ3n) is 3.20. The van der Waals surface area contributed by atoms with Crippen LogP contribution in [0.4, 0.5) is 0 Å². The summed E-state index contributed by atoms with van der Waals surface area (Å²) in [5.41, 5.74) is 0.365. The van der Waals surface area contributed by atoms with Gasteiger partial charge in [-0.25, -0.2) is 4.79 Å². The first-order valence-electron chi connectivity index (χ1n) is 7.28. The number of rotatable bonds is 10. The minimum atomic E-state index is -1.47. The monoisotopic (exact) mass is 280 g/mol. The average Bonchev–Trinajstić information content (AvgIpc) is 2.46. The maximum absolute atomic E-state index is 10.6. The van der Waals surface area contributed by atoms with Gasteiger partial charge in [-0.2, -0.15) is 0 Å². The molecule has 1 unspecified atom stereocenters. The summed E-state index contributed by atoms with van der Waals surface area (Å²) >= 11 is 0. The van der Waals surface area contributed by atoms with Gasteiger partial charge in [-0.05, 0) is 24.1 Å². The predicted octanol–water partition coefficient (Wildman–Crippen LogP) is 3.54. The van der Waals surface area contributed by atoms with Gasteiger partial charge in [0, 0.05) is 0 Å². The van der Waals surface area contributed by atoms with Gasteiger partial charge >= 0.3 is 5.97 Å². The smallest absolute Gasteiger partial charge is 0.337 e. The van der Waals surface area contributed by atoms with E-state index in [0.717, 1.165) is 6.42 Å². The lowest BCUT2D eigenvalue weighted by atomic mass is 10.1. The molecule has 0 amide bonds. The van der Waals surface area contributed by atoms with E-state index in [4.69, 9.17) is 9.84 Å². The Labute approximate surface area is 120 Å². The van der Waals surface area contributed by atoms with Crippen molar-refractivity contribution in [3.63, 3.8) is 0 Å². The molecule has 0 aromatic heterocycles. The molecule has 0 saturated heterocycles. The SMILES string of the molecule is CCCCCCCCOc1ccc(C(O)C(=O)O)cc1. The highest BCUT2D eigenvalue weighted by Gasteiger charge is 2.15. The second kappa shape index (κ2) is 9.37. The number of unbranched alkanes of at least 4 members (excludes halogenated alkanes) is 5. The lowest BCUT2D eigenvalue weighted by Gasteiger charge is -2.09. The Morgan fingerprint density at radius 3 is 2.30 bits per heavy atom. The molecule has 4 heteroatoms. The van der Waals surface area contributed by atoms with E-state index < -0.39 is 12.1 Å². The van der Waals surface area contributed by atoms with Crippen LogP contribution in [0.5, 0.6) is 5.75 Å². The van der Waals surface area contributed by atoms with Crippen LogP contribution in [0, 0.1) is 0 Å². The molecule has 4 nitrogen and oxygen atoms in total. The zero-order valence-corrected chi connectivity index (χ0v) is 12.0. The fourth-order valence-electron chi connectivity index (χ4n) is 1.96. The summed E-state index contributed by atoms with van der Waals surface area (Å²) in [5.74, 6) is -0.536. The van der Waals surface area contributed by atoms with Crippen LogP contribution in [-0.2, 0) is 4.79 Å². The van der Waals surface area contributed by atoms with Gasteiger partial charge in [0.1, 0.15) is 5.75 Å². The highest BCUT2D eigenvalue weighted by atomic mass is 16.5. The Morgan fingerprint density at radius 2 is 1.70 bits per heavy atom. The topological polar surface area (TPSA) is 66.8 Å². The molecule has 0 radical (unpaired) electrons. The summed E-state index contributed by atoms with van der Waals surface area (Å²) in [7, 11) is 0. The van der Waals surface area contributed by atoms with Gasteiger partial charge in [0.15, 0.2) is 6.10 Å². The second-order valence-electron chi connectivity index (χ2n) is 4.93. The Morgan fingerprint density at radius 1 is 1.10 bits per heavy atom. The quantitative estimate of drug-likeness (QED) is 0.643.